The molecule has 0 saturated carbocycles. The van der Waals surface area contributed by atoms with Crippen molar-refractivity contribution < 1.29 is 14.6 Å². The predicted molar refractivity (Wildman–Crippen MR) is 86.5 cm³/mol. The lowest BCUT2D eigenvalue weighted by Crippen LogP contribution is -2.10. The molecule has 2 aromatic heterocycles. The molecule has 2 heterocycles. The second-order valence-corrected chi connectivity index (χ2v) is 5.64. The second kappa shape index (κ2) is 5.81. The molecule has 3 rings (SSSR count). The summed E-state index contributed by atoms with van der Waals surface area (Å²) in [6.07, 6.45) is 1.61. The molecule has 5 nitrogen and oxygen atoms in total. The van der Waals surface area contributed by atoms with Crippen LogP contribution in [0.1, 0.15) is 16.1 Å². The largest absolute Gasteiger partial charge is 0.479 e. The topological polar surface area (TPSA) is 64.3 Å². The molecule has 0 atom stereocenters. The molecule has 0 aliphatic heterocycles. The highest BCUT2D eigenvalue weighted by atomic mass is 79.9. The third-order valence-electron chi connectivity index (χ3n) is 3.45. The highest BCUT2D eigenvalue weighted by molar-refractivity contribution is 9.10. The van der Waals surface area contributed by atoms with Crippen LogP contribution in [-0.4, -0.2) is 27.7 Å². The SMILES string of the molecule is COc1ncc(Br)c2cc(C(=O)O)n(Cc3ccccc3)c12. The number of rotatable bonds is 4. The molecule has 0 spiro atoms. The first-order valence-electron chi connectivity index (χ1n) is 6.60. The van der Waals surface area contributed by atoms with Gasteiger partial charge in [0, 0.05) is 22.6 Å². The molecule has 0 unspecified atom stereocenters. The van der Waals surface area contributed by atoms with Gasteiger partial charge in [-0.05, 0) is 27.6 Å². The minimum Gasteiger partial charge on any atom is -0.479 e. The summed E-state index contributed by atoms with van der Waals surface area (Å²) in [6, 6.07) is 11.3. The van der Waals surface area contributed by atoms with E-state index in [4.69, 9.17) is 4.74 Å². The number of nitrogens with zero attached hydrogens (tertiary/aromatic N) is 2. The Balaban J connectivity index is 2.27. The lowest BCUT2D eigenvalue weighted by atomic mass is 10.2. The van der Waals surface area contributed by atoms with Gasteiger partial charge in [-0.2, -0.15) is 0 Å². The van der Waals surface area contributed by atoms with Gasteiger partial charge in [-0.3, -0.25) is 0 Å². The van der Waals surface area contributed by atoms with Crippen LogP contribution in [0.4, 0.5) is 0 Å². The van der Waals surface area contributed by atoms with Gasteiger partial charge in [-0.1, -0.05) is 30.3 Å². The van der Waals surface area contributed by atoms with E-state index in [1.165, 1.54) is 7.11 Å². The average Bonchev–Trinajstić information content (AvgIpc) is 2.90. The lowest BCUT2D eigenvalue weighted by molar-refractivity contribution is 0.0686. The Morgan fingerprint density at radius 2 is 2.09 bits per heavy atom. The number of benzene rings is 1. The number of carbonyl (C=O) groups is 1. The summed E-state index contributed by atoms with van der Waals surface area (Å²) in [5.74, 6) is -0.581. The minimum atomic E-state index is -0.985. The standard InChI is InChI=1S/C16H13BrN2O3/c1-22-15-14-11(12(17)8-18-15)7-13(16(20)21)19(14)9-10-5-3-2-4-6-10/h2-8H,9H2,1H3,(H,20,21). The number of hydrogen-bond donors (Lipinski definition) is 1. The summed E-state index contributed by atoms with van der Waals surface area (Å²) < 4.78 is 7.75. The number of halogens is 1. The quantitative estimate of drug-likeness (QED) is 0.772. The Kier molecular flexibility index (Phi) is 3.85. The number of pyridine rings is 1. The van der Waals surface area contributed by atoms with E-state index in [-0.39, 0.29) is 5.69 Å². The maximum Gasteiger partial charge on any atom is 0.352 e. The number of hydrogen-bond acceptors (Lipinski definition) is 3. The Hall–Kier alpha value is -2.34. The molecule has 1 N–H and O–H groups in total. The van der Waals surface area contributed by atoms with Crippen molar-refractivity contribution in [2.75, 3.05) is 7.11 Å². The van der Waals surface area contributed by atoms with E-state index >= 15 is 0 Å². The van der Waals surface area contributed by atoms with Gasteiger partial charge in [0.1, 0.15) is 11.2 Å². The van der Waals surface area contributed by atoms with Crippen molar-refractivity contribution in [1.82, 2.24) is 9.55 Å². The van der Waals surface area contributed by atoms with Gasteiger partial charge in [-0.25, -0.2) is 9.78 Å². The Labute approximate surface area is 135 Å². The molecule has 0 bridgehead atoms. The van der Waals surface area contributed by atoms with E-state index in [1.807, 2.05) is 30.3 Å². The molecule has 6 heteroatoms. The zero-order valence-corrected chi connectivity index (χ0v) is 13.4. The van der Waals surface area contributed by atoms with Crippen molar-refractivity contribution in [3.05, 3.63) is 58.3 Å². The van der Waals surface area contributed by atoms with Crippen LogP contribution in [0.2, 0.25) is 0 Å². The Morgan fingerprint density at radius 1 is 1.36 bits per heavy atom. The van der Waals surface area contributed by atoms with Crippen LogP contribution in [-0.2, 0) is 6.54 Å². The van der Waals surface area contributed by atoms with Crippen LogP contribution in [0.5, 0.6) is 5.88 Å². The molecule has 0 aliphatic rings. The number of methoxy groups -OCH3 is 1. The predicted octanol–water partition coefficient (Wildman–Crippen LogP) is 3.55. The van der Waals surface area contributed by atoms with E-state index in [0.717, 1.165) is 15.4 Å². The van der Waals surface area contributed by atoms with E-state index in [9.17, 15) is 9.90 Å². The normalized spacial score (nSPS) is 10.8. The van der Waals surface area contributed by atoms with E-state index in [1.54, 1.807) is 16.8 Å². The smallest absolute Gasteiger partial charge is 0.352 e. The molecule has 112 valence electrons. The summed E-state index contributed by atoms with van der Waals surface area (Å²) in [6.45, 7) is 0.431. The number of ether oxygens (including phenoxy) is 1. The van der Waals surface area contributed by atoms with Gasteiger partial charge >= 0.3 is 5.97 Å². The number of carboxylic acids is 1. The first-order valence-corrected chi connectivity index (χ1v) is 7.40. The van der Waals surface area contributed by atoms with Crippen LogP contribution in [0.25, 0.3) is 10.9 Å². The number of aromatic nitrogens is 2. The summed E-state index contributed by atoms with van der Waals surface area (Å²) in [4.78, 5) is 15.8. The molecule has 22 heavy (non-hydrogen) atoms. The number of aromatic carboxylic acids is 1. The molecular formula is C16H13BrN2O3. The highest BCUT2D eigenvalue weighted by Crippen LogP contribution is 2.33. The summed E-state index contributed by atoms with van der Waals surface area (Å²) in [5.41, 5.74) is 1.87. The van der Waals surface area contributed by atoms with Crippen molar-refractivity contribution >= 4 is 32.8 Å². The maximum atomic E-state index is 11.6. The summed E-state index contributed by atoms with van der Waals surface area (Å²) >= 11 is 3.42. The van der Waals surface area contributed by atoms with Gasteiger partial charge in [0.15, 0.2) is 0 Å². The Bertz CT molecular complexity index is 843. The van der Waals surface area contributed by atoms with Crippen LogP contribution < -0.4 is 4.74 Å². The van der Waals surface area contributed by atoms with Gasteiger partial charge < -0.3 is 14.4 Å². The molecule has 0 aliphatic carbocycles. The van der Waals surface area contributed by atoms with Crippen LogP contribution >= 0.6 is 15.9 Å². The van der Waals surface area contributed by atoms with Gasteiger partial charge in [0.05, 0.1) is 7.11 Å². The van der Waals surface area contributed by atoms with Crippen molar-refractivity contribution in [3.8, 4) is 5.88 Å². The van der Waals surface area contributed by atoms with E-state index in [0.29, 0.717) is 17.9 Å². The fraction of sp³-hybridized carbons (Fsp3) is 0.125. The monoisotopic (exact) mass is 360 g/mol. The zero-order chi connectivity index (χ0) is 15.7. The highest BCUT2D eigenvalue weighted by Gasteiger charge is 2.20. The van der Waals surface area contributed by atoms with Crippen molar-refractivity contribution in [1.29, 1.82) is 0 Å². The third kappa shape index (κ3) is 2.46. The second-order valence-electron chi connectivity index (χ2n) is 4.78. The van der Waals surface area contributed by atoms with E-state index < -0.39 is 5.97 Å². The van der Waals surface area contributed by atoms with Gasteiger partial charge in [-0.15, -0.1) is 0 Å². The summed E-state index contributed by atoms with van der Waals surface area (Å²) in [7, 11) is 1.52. The van der Waals surface area contributed by atoms with Crippen molar-refractivity contribution in [3.63, 3.8) is 0 Å². The average molecular weight is 361 g/mol. The van der Waals surface area contributed by atoms with Gasteiger partial charge in [0.2, 0.25) is 5.88 Å². The summed E-state index contributed by atoms with van der Waals surface area (Å²) in [5, 5.41) is 10.3. The molecule has 1 aromatic carbocycles. The molecule has 0 radical (unpaired) electrons. The molecule has 0 saturated heterocycles. The fourth-order valence-electron chi connectivity index (χ4n) is 2.46. The molecular weight excluding hydrogens is 348 g/mol. The number of fused-ring (bicyclic) bond motifs is 1. The minimum absolute atomic E-state index is 0.200. The number of carboxylic acid groups (broad SMARTS) is 1. The molecule has 0 fully saturated rings. The van der Waals surface area contributed by atoms with Crippen LogP contribution in [0.15, 0.2) is 47.1 Å². The van der Waals surface area contributed by atoms with Crippen molar-refractivity contribution in [2.24, 2.45) is 0 Å². The fourth-order valence-corrected chi connectivity index (χ4v) is 2.87. The van der Waals surface area contributed by atoms with Crippen LogP contribution in [0, 0.1) is 0 Å². The van der Waals surface area contributed by atoms with E-state index in [2.05, 4.69) is 20.9 Å². The Morgan fingerprint density at radius 3 is 2.73 bits per heavy atom. The maximum absolute atomic E-state index is 11.6. The van der Waals surface area contributed by atoms with Crippen molar-refractivity contribution in [2.45, 2.75) is 6.54 Å². The third-order valence-corrected chi connectivity index (χ3v) is 4.08. The van der Waals surface area contributed by atoms with Gasteiger partial charge in [0.25, 0.3) is 0 Å². The zero-order valence-electron chi connectivity index (χ0n) is 11.8. The molecule has 3 aromatic rings. The lowest BCUT2D eigenvalue weighted by Gasteiger charge is -2.11. The van der Waals surface area contributed by atoms with Crippen LogP contribution in [0.3, 0.4) is 0 Å². The first-order chi connectivity index (χ1) is 10.6. The first kappa shape index (κ1) is 14.6. The molecule has 0 amide bonds.